The van der Waals surface area contributed by atoms with Crippen LogP contribution in [0.2, 0.25) is 0 Å². The number of guanidine groups is 1. The lowest BCUT2D eigenvalue weighted by Crippen LogP contribution is -2.49. The molecule has 25 heavy (non-hydrogen) atoms. The van der Waals surface area contributed by atoms with Crippen molar-refractivity contribution < 1.29 is 9.59 Å². The van der Waals surface area contributed by atoms with Crippen LogP contribution in [0.25, 0.3) is 10.9 Å². The third-order valence-corrected chi connectivity index (χ3v) is 4.43. The van der Waals surface area contributed by atoms with Gasteiger partial charge >= 0.3 is 0 Å². The summed E-state index contributed by atoms with van der Waals surface area (Å²) in [4.78, 5) is 33.7. The maximum absolute atomic E-state index is 12.9. The Bertz CT molecular complexity index is 961. The summed E-state index contributed by atoms with van der Waals surface area (Å²) in [7, 11) is 1.58. The number of ketones is 1. The topological polar surface area (TPSA) is 91.5 Å². The number of H-pyrrole nitrogens is 1. The summed E-state index contributed by atoms with van der Waals surface area (Å²) in [5, 5.41) is 0.824. The van der Waals surface area contributed by atoms with Crippen LogP contribution in [0, 0.1) is 11.8 Å². The highest BCUT2D eigenvalue weighted by Crippen LogP contribution is 2.29. The number of carbonyl (C=O) groups is 2. The van der Waals surface area contributed by atoms with Crippen molar-refractivity contribution in [2.75, 3.05) is 7.05 Å². The van der Waals surface area contributed by atoms with E-state index in [1.54, 1.807) is 27.1 Å². The molecular formula is C19H20N4O2. The zero-order chi connectivity index (χ0) is 18.2. The van der Waals surface area contributed by atoms with Crippen LogP contribution >= 0.6 is 0 Å². The van der Waals surface area contributed by atoms with Gasteiger partial charge in [0.1, 0.15) is 0 Å². The Balaban J connectivity index is 1.93. The highest BCUT2D eigenvalue weighted by Gasteiger charge is 2.36. The fourth-order valence-corrected chi connectivity index (χ4v) is 3.08. The second kappa shape index (κ2) is 6.10. The molecule has 0 fully saturated rings. The maximum atomic E-state index is 12.9. The van der Waals surface area contributed by atoms with E-state index in [9.17, 15) is 9.59 Å². The lowest BCUT2D eigenvalue weighted by atomic mass is 9.88. The Morgan fingerprint density at radius 2 is 2.24 bits per heavy atom. The Kier molecular flexibility index (Phi) is 4.09. The number of nitrogens with zero attached hydrogens (tertiary/aromatic N) is 2. The first-order chi connectivity index (χ1) is 11.8. The predicted octanol–water partition coefficient (Wildman–Crippen LogP) is 2.05. The molecule has 1 atom stereocenters. The highest BCUT2D eigenvalue weighted by molar-refractivity contribution is 6.09. The predicted molar refractivity (Wildman–Crippen MR) is 97.2 cm³/mol. The van der Waals surface area contributed by atoms with Crippen molar-refractivity contribution in [3.8, 4) is 11.8 Å². The molecule has 6 heteroatoms. The SMILES string of the molecule is CC#Cc1ccc2[nH]cc(C(=O)C[C@]3(C)CC(=O)N(C)C(N)=N3)c2c1. The van der Waals surface area contributed by atoms with Gasteiger partial charge in [-0.1, -0.05) is 5.92 Å². The van der Waals surface area contributed by atoms with Crippen LogP contribution < -0.4 is 5.73 Å². The Hall–Kier alpha value is -3.07. The lowest BCUT2D eigenvalue weighted by molar-refractivity contribution is -0.128. The van der Waals surface area contributed by atoms with Crippen LogP contribution in [0.15, 0.2) is 29.4 Å². The molecule has 0 saturated heterocycles. The number of aromatic nitrogens is 1. The molecule has 3 rings (SSSR count). The molecule has 1 aromatic heterocycles. The van der Waals surface area contributed by atoms with Gasteiger partial charge in [0, 0.05) is 41.7 Å². The van der Waals surface area contributed by atoms with Crippen LogP contribution in [0.1, 0.15) is 42.6 Å². The van der Waals surface area contributed by atoms with Crippen molar-refractivity contribution in [3.63, 3.8) is 0 Å². The summed E-state index contributed by atoms with van der Waals surface area (Å²) in [5.41, 5.74) is 7.29. The normalized spacial score (nSPS) is 20.2. The molecule has 2 aromatic rings. The number of hydrogen-bond acceptors (Lipinski definition) is 4. The second-order valence-corrected chi connectivity index (χ2v) is 6.53. The summed E-state index contributed by atoms with van der Waals surface area (Å²) in [6.07, 6.45) is 1.97. The second-order valence-electron chi connectivity index (χ2n) is 6.53. The number of nitrogens with one attached hydrogen (secondary N) is 1. The number of benzene rings is 1. The van der Waals surface area contributed by atoms with Crippen LogP contribution in [0.3, 0.4) is 0 Å². The molecule has 0 spiro atoms. The van der Waals surface area contributed by atoms with Gasteiger partial charge in [0.25, 0.3) is 0 Å². The van der Waals surface area contributed by atoms with E-state index in [-0.39, 0.29) is 30.5 Å². The van der Waals surface area contributed by atoms with Gasteiger partial charge in [-0.05, 0) is 32.0 Å². The average Bonchev–Trinajstić information content (AvgIpc) is 2.96. The third kappa shape index (κ3) is 3.13. The van der Waals surface area contributed by atoms with E-state index >= 15 is 0 Å². The summed E-state index contributed by atoms with van der Waals surface area (Å²) < 4.78 is 0. The first-order valence-corrected chi connectivity index (χ1v) is 8.02. The van der Waals surface area contributed by atoms with E-state index < -0.39 is 5.54 Å². The summed E-state index contributed by atoms with van der Waals surface area (Å²) in [6, 6.07) is 5.71. The zero-order valence-electron chi connectivity index (χ0n) is 14.5. The molecule has 6 nitrogen and oxygen atoms in total. The molecule has 2 heterocycles. The minimum atomic E-state index is -0.824. The molecule has 0 aliphatic carbocycles. The molecule has 0 bridgehead atoms. The molecule has 1 amide bonds. The number of hydrogen-bond donors (Lipinski definition) is 2. The fraction of sp³-hybridized carbons (Fsp3) is 0.316. The number of fused-ring (bicyclic) bond motifs is 1. The van der Waals surface area contributed by atoms with Gasteiger partial charge in [-0.3, -0.25) is 14.5 Å². The monoisotopic (exact) mass is 336 g/mol. The summed E-state index contributed by atoms with van der Waals surface area (Å²) in [6.45, 7) is 3.55. The van der Waals surface area contributed by atoms with Gasteiger partial charge in [0.2, 0.25) is 5.91 Å². The highest BCUT2D eigenvalue weighted by atomic mass is 16.2. The van der Waals surface area contributed by atoms with E-state index in [1.807, 2.05) is 18.2 Å². The third-order valence-electron chi connectivity index (χ3n) is 4.43. The van der Waals surface area contributed by atoms with Gasteiger partial charge in [-0.25, -0.2) is 4.99 Å². The van der Waals surface area contributed by atoms with Gasteiger partial charge in [-0.2, -0.15) is 0 Å². The van der Waals surface area contributed by atoms with Crippen molar-refractivity contribution in [2.24, 2.45) is 10.7 Å². The first kappa shape index (κ1) is 16.8. The quantitative estimate of drug-likeness (QED) is 0.664. The van der Waals surface area contributed by atoms with Crippen molar-refractivity contribution in [1.29, 1.82) is 0 Å². The minimum Gasteiger partial charge on any atom is -0.369 e. The largest absolute Gasteiger partial charge is 0.369 e. The van der Waals surface area contributed by atoms with E-state index in [0.29, 0.717) is 5.56 Å². The van der Waals surface area contributed by atoms with E-state index in [0.717, 1.165) is 16.5 Å². The molecule has 0 radical (unpaired) electrons. The first-order valence-electron chi connectivity index (χ1n) is 8.02. The van der Waals surface area contributed by atoms with Crippen LogP contribution in [-0.2, 0) is 4.79 Å². The molecule has 3 N–H and O–H groups in total. The van der Waals surface area contributed by atoms with Crippen LogP contribution in [0.5, 0.6) is 0 Å². The molecule has 128 valence electrons. The van der Waals surface area contributed by atoms with E-state index in [4.69, 9.17) is 5.73 Å². The average molecular weight is 336 g/mol. The Morgan fingerprint density at radius 1 is 1.48 bits per heavy atom. The lowest BCUT2D eigenvalue weighted by Gasteiger charge is -2.32. The molecule has 1 aromatic carbocycles. The maximum Gasteiger partial charge on any atom is 0.231 e. The van der Waals surface area contributed by atoms with Gasteiger partial charge < -0.3 is 10.7 Å². The number of aliphatic imine (C=N–C) groups is 1. The number of amides is 1. The minimum absolute atomic E-state index is 0.0794. The number of nitrogens with two attached hydrogens (primary N) is 1. The Morgan fingerprint density at radius 3 is 2.92 bits per heavy atom. The van der Waals surface area contributed by atoms with Gasteiger partial charge in [0.05, 0.1) is 12.0 Å². The van der Waals surface area contributed by atoms with E-state index in [1.165, 1.54) is 4.90 Å². The molecular weight excluding hydrogens is 316 g/mol. The smallest absolute Gasteiger partial charge is 0.231 e. The van der Waals surface area contributed by atoms with Gasteiger partial charge in [0.15, 0.2) is 11.7 Å². The number of rotatable bonds is 3. The van der Waals surface area contributed by atoms with Crippen molar-refractivity contribution in [3.05, 3.63) is 35.5 Å². The molecule has 1 aliphatic rings. The van der Waals surface area contributed by atoms with Crippen LogP contribution in [-0.4, -0.2) is 40.1 Å². The number of Topliss-reactive ketones (excluding diaryl/α,β-unsaturated/α-hetero) is 1. The standard InChI is InChI=1S/C19H20N4O2/c1-4-5-12-6-7-15-13(8-12)14(11-21-15)16(24)9-19(2)10-17(25)23(3)18(20)22-19/h6-8,11,21H,9-10H2,1-3H3,(H2,20,22)/t19-/m1/s1. The summed E-state index contributed by atoms with van der Waals surface area (Å²) in [5.74, 6) is 5.78. The van der Waals surface area contributed by atoms with Gasteiger partial charge in [-0.15, -0.1) is 5.92 Å². The molecule has 0 saturated carbocycles. The van der Waals surface area contributed by atoms with Crippen LogP contribution in [0.4, 0.5) is 0 Å². The summed E-state index contributed by atoms with van der Waals surface area (Å²) >= 11 is 0. The fourth-order valence-electron chi connectivity index (χ4n) is 3.08. The molecule has 1 aliphatic heterocycles. The number of carbonyl (C=O) groups excluding carboxylic acids is 2. The van der Waals surface area contributed by atoms with Crippen molar-refractivity contribution >= 4 is 28.6 Å². The number of aromatic amines is 1. The van der Waals surface area contributed by atoms with E-state index in [2.05, 4.69) is 21.8 Å². The van der Waals surface area contributed by atoms with Crippen molar-refractivity contribution in [2.45, 2.75) is 32.2 Å². The Labute approximate surface area is 146 Å². The zero-order valence-corrected chi connectivity index (χ0v) is 14.5. The molecule has 0 unspecified atom stereocenters. The van der Waals surface area contributed by atoms with Crippen molar-refractivity contribution in [1.82, 2.24) is 9.88 Å².